The lowest BCUT2D eigenvalue weighted by Crippen LogP contribution is -2.16. The van der Waals surface area contributed by atoms with E-state index in [1.165, 1.54) is 11.8 Å². The van der Waals surface area contributed by atoms with Gasteiger partial charge >= 0.3 is 5.97 Å². The molecule has 0 radical (unpaired) electrons. The number of carbonyl (C=O) groups is 2. The van der Waals surface area contributed by atoms with Crippen LogP contribution in [0.2, 0.25) is 5.02 Å². The van der Waals surface area contributed by atoms with Crippen LogP contribution in [0.25, 0.3) is 0 Å². The Balaban J connectivity index is 1.90. The number of hydrogen-bond donors (Lipinski definition) is 1. The van der Waals surface area contributed by atoms with Gasteiger partial charge in [-0.3, -0.25) is 4.79 Å². The van der Waals surface area contributed by atoms with Gasteiger partial charge in [0.05, 0.1) is 17.9 Å². The van der Waals surface area contributed by atoms with Crippen molar-refractivity contribution in [3.63, 3.8) is 0 Å². The summed E-state index contributed by atoms with van der Waals surface area (Å²) in [6.07, 6.45) is 0. The number of rotatable bonds is 7. The number of halogens is 1. The Labute approximate surface area is 156 Å². The molecule has 0 bridgehead atoms. The van der Waals surface area contributed by atoms with Gasteiger partial charge in [0.25, 0.3) is 0 Å². The van der Waals surface area contributed by atoms with Crippen molar-refractivity contribution in [3.05, 3.63) is 64.2 Å². The van der Waals surface area contributed by atoms with Crippen molar-refractivity contribution in [2.45, 2.75) is 19.6 Å². The lowest BCUT2D eigenvalue weighted by molar-refractivity contribution is -0.113. The van der Waals surface area contributed by atoms with E-state index in [9.17, 15) is 9.59 Å². The number of hydrogen-bond acceptors (Lipinski definition) is 4. The van der Waals surface area contributed by atoms with Gasteiger partial charge in [-0.2, -0.15) is 0 Å². The zero-order chi connectivity index (χ0) is 18.2. The second-order valence-corrected chi connectivity index (χ2v) is 6.79. The molecule has 2 aromatic carbocycles. The number of benzene rings is 2. The summed E-state index contributed by atoms with van der Waals surface area (Å²) in [6.45, 7) is 3.87. The number of nitrogens with one attached hydrogen (secondary N) is 1. The van der Waals surface area contributed by atoms with E-state index in [1.807, 2.05) is 24.3 Å². The molecule has 0 heterocycles. The van der Waals surface area contributed by atoms with Gasteiger partial charge in [-0.05, 0) is 49.2 Å². The van der Waals surface area contributed by atoms with Crippen molar-refractivity contribution in [1.82, 2.24) is 0 Å². The van der Waals surface area contributed by atoms with E-state index in [0.717, 1.165) is 11.3 Å². The van der Waals surface area contributed by atoms with Crippen molar-refractivity contribution >= 4 is 40.9 Å². The van der Waals surface area contributed by atoms with E-state index >= 15 is 0 Å². The van der Waals surface area contributed by atoms with E-state index in [1.54, 1.807) is 32.0 Å². The van der Waals surface area contributed by atoms with Gasteiger partial charge in [0.1, 0.15) is 0 Å². The lowest BCUT2D eigenvalue weighted by Gasteiger charge is -2.12. The van der Waals surface area contributed by atoms with Crippen molar-refractivity contribution in [2.75, 3.05) is 17.7 Å². The monoisotopic (exact) mass is 377 g/mol. The Bertz CT molecular complexity index is 747. The highest BCUT2D eigenvalue weighted by atomic mass is 35.5. The molecule has 0 aliphatic rings. The molecule has 4 nitrogen and oxygen atoms in total. The van der Waals surface area contributed by atoms with Crippen LogP contribution in [0.5, 0.6) is 0 Å². The van der Waals surface area contributed by atoms with E-state index in [-0.39, 0.29) is 11.9 Å². The van der Waals surface area contributed by atoms with Crippen LogP contribution in [0, 0.1) is 6.92 Å². The van der Waals surface area contributed by atoms with Crippen LogP contribution < -0.4 is 5.32 Å². The number of esters is 1. The van der Waals surface area contributed by atoms with Crippen molar-refractivity contribution in [2.24, 2.45) is 0 Å². The fourth-order valence-corrected chi connectivity index (χ4v) is 3.14. The van der Waals surface area contributed by atoms with Crippen LogP contribution in [0.4, 0.5) is 5.69 Å². The Morgan fingerprint density at radius 3 is 2.56 bits per heavy atom. The third kappa shape index (κ3) is 5.80. The summed E-state index contributed by atoms with van der Waals surface area (Å²) in [7, 11) is 0. The minimum atomic E-state index is -0.381. The molecule has 0 aromatic heterocycles. The molecule has 0 saturated heterocycles. The smallest absolute Gasteiger partial charge is 0.338 e. The predicted octanol–water partition coefficient (Wildman–Crippen LogP) is 4.70. The number of anilines is 1. The van der Waals surface area contributed by atoms with Gasteiger partial charge in [0.15, 0.2) is 0 Å². The molecule has 6 heteroatoms. The van der Waals surface area contributed by atoms with Gasteiger partial charge in [0, 0.05) is 16.5 Å². The van der Waals surface area contributed by atoms with Gasteiger partial charge in [0.2, 0.25) is 5.91 Å². The van der Waals surface area contributed by atoms with E-state index in [4.69, 9.17) is 16.3 Å². The van der Waals surface area contributed by atoms with Gasteiger partial charge < -0.3 is 10.1 Å². The maximum atomic E-state index is 12.1. The molecule has 0 saturated carbocycles. The quantitative estimate of drug-likeness (QED) is 0.711. The average Bonchev–Trinajstić information content (AvgIpc) is 2.59. The van der Waals surface area contributed by atoms with Crippen molar-refractivity contribution in [3.8, 4) is 0 Å². The van der Waals surface area contributed by atoms with Crippen LogP contribution in [-0.4, -0.2) is 24.2 Å². The Kier molecular flexibility index (Phi) is 7.34. The summed E-state index contributed by atoms with van der Waals surface area (Å²) in [6, 6.07) is 12.8. The fourth-order valence-electron chi connectivity index (χ4n) is 2.23. The molecule has 0 aliphatic carbocycles. The van der Waals surface area contributed by atoms with Crippen LogP contribution in [-0.2, 0) is 15.3 Å². The molecule has 0 spiro atoms. The molecule has 1 N–H and O–H groups in total. The Morgan fingerprint density at radius 2 is 1.88 bits per heavy atom. The van der Waals surface area contributed by atoms with Crippen LogP contribution in [0.15, 0.2) is 42.5 Å². The largest absolute Gasteiger partial charge is 0.462 e. The third-order valence-electron chi connectivity index (χ3n) is 3.52. The number of thioether (sulfide) groups is 1. The van der Waals surface area contributed by atoms with Crippen LogP contribution >= 0.6 is 23.4 Å². The summed E-state index contributed by atoms with van der Waals surface area (Å²) in [4.78, 5) is 24.1. The summed E-state index contributed by atoms with van der Waals surface area (Å²) in [5, 5.41) is 3.55. The summed E-state index contributed by atoms with van der Waals surface area (Å²) in [5.74, 6) is 0.564. The molecule has 25 heavy (non-hydrogen) atoms. The molecule has 0 fully saturated rings. The first-order valence-electron chi connectivity index (χ1n) is 7.90. The van der Waals surface area contributed by atoms with E-state index in [2.05, 4.69) is 5.32 Å². The molecule has 132 valence electrons. The fraction of sp³-hybridized carbons (Fsp3) is 0.263. The SMILES string of the molecule is CCOC(=O)c1cccc(NC(=O)CSCc2ccc(Cl)cc2)c1C. The first-order chi connectivity index (χ1) is 12.0. The predicted molar refractivity (Wildman–Crippen MR) is 103 cm³/mol. The normalized spacial score (nSPS) is 10.4. The number of ether oxygens (including phenoxy) is 1. The number of amides is 1. The molecule has 0 atom stereocenters. The maximum Gasteiger partial charge on any atom is 0.338 e. The molecular weight excluding hydrogens is 358 g/mol. The highest BCUT2D eigenvalue weighted by Crippen LogP contribution is 2.21. The van der Waals surface area contributed by atoms with Crippen LogP contribution in [0.1, 0.15) is 28.4 Å². The number of carbonyl (C=O) groups excluding carboxylic acids is 2. The first kappa shape index (κ1) is 19.3. The average molecular weight is 378 g/mol. The van der Waals surface area contributed by atoms with Crippen molar-refractivity contribution < 1.29 is 14.3 Å². The zero-order valence-electron chi connectivity index (χ0n) is 14.2. The molecule has 2 aromatic rings. The molecule has 0 aliphatic heterocycles. The zero-order valence-corrected chi connectivity index (χ0v) is 15.7. The summed E-state index contributed by atoms with van der Waals surface area (Å²) in [5.41, 5.74) is 2.91. The van der Waals surface area contributed by atoms with Crippen LogP contribution in [0.3, 0.4) is 0 Å². The second kappa shape index (κ2) is 9.49. The highest BCUT2D eigenvalue weighted by molar-refractivity contribution is 7.99. The Morgan fingerprint density at radius 1 is 1.16 bits per heavy atom. The van der Waals surface area contributed by atoms with Gasteiger partial charge in [-0.1, -0.05) is 29.8 Å². The summed E-state index contributed by atoms with van der Waals surface area (Å²) < 4.78 is 5.03. The highest BCUT2D eigenvalue weighted by Gasteiger charge is 2.14. The summed E-state index contributed by atoms with van der Waals surface area (Å²) >= 11 is 7.37. The van der Waals surface area contributed by atoms with E-state index < -0.39 is 0 Å². The molecule has 0 unspecified atom stereocenters. The van der Waals surface area contributed by atoms with Gasteiger partial charge in [-0.25, -0.2) is 4.79 Å². The molecule has 1 amide bonds. The molecule has 2 rings (SSSR count). The molecular formula is C19H20ClNO3S. The second-order valence-electron chi connectivity index (χ2n) is 5.37. The first-order valence-corrected chi connectivity index (χ1v) is 9.43. The Hall–Kier alpha value is -1.98. The minimum absolute atomic E-state index is 0.108. The van der Waals surface area contributed by atoms with Crippen molar-refractivity contribution in [1.29, 1.82) is 0 Å². The topological polar surface area (TPSA) is 55.4 Å². The maximum absolute atomic E-state index is 12.1. The van der Waals surface area contributed by atoms with Gasteiger partial charge in [-0.15, -0.1) is 11.8 Å². The minimum Gasteiger partial charge on any atom is -0.462 e. The standard InChI is InChI=1S/C19H20ClNO3S/c1-3-24-19(23)16-5-4-6-17(13(16)2)21-18(22)12-25-11-14-7-9-15(20)10-8-14/h4-10H,3,11-12H2,1-2H3,(H,21,22). The van der Waals surface area contributed by atoms with E-state index in [0.29, 0.717) is 34.2 Å². The lowest BCUT2D eigenvalue weighted by atomic mass is 10.1. The third-order valence-corrected chi connectivity index (χ3v) is 4.77.